The summed E-state index contributed by atoms with van der Waals surface area (Å²) in [6, 6.07) is 3.52. The van der Waals surface area contributed by atoms with Gasteiger partial charge in [0.1, 0.15) is 5.82 Å². The Morgan fingerprint density at radius 3 is 2.41 bits per heavy atom. The number of benzene rings is 1. The van der Waals surface area contributed by atoms with Crippen molar-refractivity contribution in [3.8, 4) is 0 Å². The molecule has 0 heterocycles. The molecule has 17 heavy (non-hydrogen) atoms. The van der Waals surface area contributed by atoms with E-state index >= 15 is 0 Å². The molecule has 0 aromatic heterocycles. The minimum Gasteiger partial charge on any atom is -0.330 e. The second-order valence-corrected chi connectivity index (χ2v) is 6.11. The van der Waals surface area contributed by atoms with Crippen LogP contribution in [0.25, 0.3) is 0 Å². The largest absolute Gasteiger partial charge is 0.330 e. The molecule has 0 aliphatic carbocycles. The third kappa shape index (κ3) is 3.68. The van der Waals surface area contributed by atoms with E-state index in [9.17, 15) is 4.39 Å². The van der Waals surface area contributed by atoms with Gasteiger partial charge in [0, 0.05) is 0 Å². The quantitative estimate of drug-likeness (QED) is 0.873. The Labute approximate surface area is 108 Å². The lowest BCUT2D eigenvalue weighted by atomic mass is 9.85. The van der Waals surface area contributed by atoms with Crippen LogP contribution in [0.15, 0.2) is 12.1 Å². The van der Waals surface area contributed by atoms with E-state index in [0.29, 0.717) is 12.5 Å². The molecular weight excluding hydrogens is 237 g/mol. The van der Waals surface area contributed by atoms with Gasteiger partial charge in [-0.2, -0.15) is 0 Å². The number of halogens is 2. The molecule has 2 N–H and O–H groups in total. The third-order valence-corrected chi connectivity index (χ3v) is 3.27. The fourth-order valence-corrected chi connectivity index (χ4v) is 2.19. The van der Waals surface area contributed by atoms with Crippen LogP contribution in [-0.4, -0.2) is 6.54 Å². The van der Waals surface area contributed by atoms with E-state index in [1.807, 2.05) is 26.8 Å². The topological polar surface area (TPSA) is 26.0 Å². The second-order valence-electron chi connectivity index (χ2n) is 5.73. The summed E-state index contributed by atoms with van der Waals surface area (Å²) in [5.41, 5.74) is 7.27. The molecule has 1 nitrogen and oxygen atoms in total. The van der Waals surface area contributed by atoms with E-state index in [0.717, 1.165) is 17.5 Å². The molecule has 0 radical (unpaired) electrons. The van der Waals surface area contributed by atoms with Crippen LogP contribution >= 0.6 is 11.6 Å². The number of rotatable bonds is 3. The van der Waals surface area contributed by atoms with Crippen molar-refractivity contribution < 1.29 is 4.39 Å². The van der Waals surface area contributed by atoms with Crippen molar-refractivity contribution in [1.82, 2.24) is 0 Å². The Hall–Kier alpha value is -0.600. The van der Waals surface area contributed by atoms with Crippen LogP contribution in [-0.2, 0) is 11.8 Å². The maximum atomic E-state index is 13.8. The lowest BCUT2D eigenvalue weighted by Crippen LogP contribution is -2.16. The van der Waals surface area contributed by atoms with E-state index in [1.165, 1.54) is 6.07 Å². The lowest BCUT2D eigenvalue weighted by Gasteiger charge is -2.22. The molecule has 3 heteroatoms. The maximum Gasteiger partial charge on any atom is 0.142 e. The van der Waals surface area contributed by atoms with E-state index in [-0.39, 0.29) is 16.3 Å². The summed E-state index contributed by atoms with van der Waals surface area (Å²) < 4.78 is 13.8. The maximum absolute atomic E-state index is 13.8. The van der Waals surface area contributed by atoms with Gasteiger partial charge in [0.25, 0.3) is 0 Å². The summed E-state index contributed by atoms with van der Waals surface area (Å²) in [6.07, 6.45) is 0.785. The first-order chi connectivity index (χ1) is 7.75. The highest BCUT2D eigenvalue weighted by molar-refractivity contribution is 6.31. The molecular formula is C14H21ClFN. The van der Waals surface area contributed by atoms with Gasteiger partial charge in [-0.05, 0) is 41.5 Å². The standard InChI is InChI=1S/C14H21ClFN/c1-9(8-17)5-10-6-11(14(2,3)4)13(15)12(16)7-10/h6-7,9H,5,8,17H2,1-4H3. The van der Waals surface area contributed by atoms with Crippen molar-refractivity contribution in [2.24, 2.45) is 11.7 Å². The normalized spacial score (nSPS) is 13.8. The molecule has 0 aliphatic rings. The third-order valence-electron chi connectivity index (χ3n) is 2.88. The van der Waals surface area contributed by atoms with E-state index in [2.05, 4.69) is 6.92 Å². The van der Waals surface area contributed by atoms with E-state index in [4.69, 9.17) is 17.3 Å². The average Bonchev–Trinajstić information content (AvgIpc) is 2.21. The molecule has 1 aromatic carbocycles. The van der Waals surface area contributed by atoms with Crippen LogP contribution in [0.5, 0.6) is 0 Å². The van der Waals surface area contributed by atoms with Crippen LogP contribution in [0, 0.1) is 11.7 Å². The first-order valence-electron chi connectivity index (χ1n) is 5.94. The molecule has 0 saturated heterocycles. The minimum absolute atomic E-state index is 0.153. The van der Waals surface area contributed by atoms with Crippen molar-refractivity contribution in [2.75, 3.05) is 6.54 Å². The van der Waals surface area contributed by atoms with Crippen molar-refractivity contribution in [2.45, 2.75) is 39.5 Å². The van der Waals surface area contributed by atoms with Gasteiger partial charge in [-0.25, -0.2) is 4.39 Å². The molecule has 96 valence electrons. The fourth-order valence-electron chi connectivity index (χ4n) is 1.79. The zero-order valence-electron chi connectivity index (χ0n) is 11.0. The summed E-state index contributed by atoms with van der Waals surface area (Å²) in [5.74, 6) is 0.0155. The Morgan fingerprint density at radius 2 is 1.94 bits per heavy atom. The summed E-state index contributed by atoms with van der Waals surface area (Å²) in [4.78, 5) is 0. The highest BCUT2D eigenvalue weighted by Crippen LogP contribution is 2.32. The summed E-state index contributed by atoms with van der Waals surface area (Å²) >= 11 is 6.02. The van der Waals surface area contributed by atoms with Crippen LogP contribution in [0.1, 0.15) is 38.8 Å². The Morgan fingerprint density at radius 1 is 1.35 bits per heavy atom. The summed E-state index contributed by atoms with van der Waals surface area (Å²) in [5, 5.41) is 0.238. The summed E-state index contributed by atoms with van der Waals surface area (Å²) in [7, 11) is 0. The van der Waals surface area contributed by atoms with Gasteiger partial charge in [0.15, 0.2) is 0 Å². The van der Waals surface area contributed by atoms with Crippen LogP contribution < -0.4 is 5.73 Å². The van der Waals surface area contributed by atoms with Gasteiger partial charge in [0.05, 0.1) is 5.02 Å². The van der Waals surface area contributed by atoms with Gasteiger partial charge >= 0.3 is 0 Å². The molecule has 0 fully saturated rings. The van der Waals surface area contributed by atoms with Gasteiger partial charge in [-0.1, -0.05) is 45.4 Å². The van der Waals surface area contributed by atoms with Gasteiger partial charge < -0.3 is 5.73 Å². The van der Waals surface area contributed by atoms with E-state index < -0.39 is 0 Å². The monoisotopic (exact) mass is 257 g/mol. The smallest absolute Gasteiger partial charge is 0.142 e. The van der Waals surface area contributed by atoms with Gasteiger partial charge in [-0.15, -0.1) is 0 Å². The molecule has 1 rings (SSSR count). The first-order valence-corrected chi connectivity index (χ1v) is 6.32. The molecule has 1 atom stereocenters. The van der Waals surface area contributed by atoms with Crippen LogP contribution in [0.4, 0.5) is 4.39 Å². The SMILES string of the molecule is CC(CN)Cc1cc(F)c(Cl)c(C(C)(C)C)c1. The highest BCUT2D eigenvalue weighted by atomic mass is 35.5. The predicted octanol–water partition coefficient (Wildman–Crippen LogP) is 3.91. The van der Waals surface area contributed by atoms with Crippen molar-refractivity contribution in [3.63, 3.8) is 0 Å². The van der Waals surface area contributed by atoms with Crippen molar-refractivity contribution in [3.05, 3.63) is 34.1 Å². The van der Waals surface area contributed by atoms with Gasteiger partial charge in [-0.3, -0.25) is 0 Å². The van der Waals surface area contributed by atoms with Crippen LogP contribution in [0.2, 0.25) is 5.02 Å². The summed E-state index contributed by atoms with van der Waals surface area (Å²) in [6.45, 7) is 8.76. The van der Waals surface area contributed by atoms with Gasteiger partial charge in [0.2, 0.25) is 0 Å². The Kier molecular flexibility index (Phi) is 4.56. The zero-order chi connectivity index (χ0) is 13.2. The Balaban J connectivity index is 3.15. The molecule has 0 saturated carbocycles. The molecule has 0 amide bonds. The number of hydrogen-bond donors (Lipinski definition) is 1. The molecule has 0 aliphatic heterocycles. The number of hydrogen-bond acceptors (Lipinski definition) is 1. The Bertz CT molecular complexity index is 396. The highest BCUT2D eigenvalue weighted by Gasteiger charge is 2.21. The number of nitrogens with two attached hydrogens (primary N) is 1. The second kappa shape index (κ2) is 5.36. The van der Waals surface area contributed by atoms with Crippen molar-refractivity contribution in [1.29, 1.82) is 0 Å². The minimum atomic E-state index is -0.335. The average molecular weight is 258 g/mol. The van der Waals surface area contributed by atoms with Crippen molar-refractivity contribution >= 4 is 11.6 Å². The zero-order valence-corrected chi connectivity index (χ0v) is 11.7. The lowest BCUT2D eigenvalue weighted by molar-refractivity contribution is 0.559. The fraction of sp³-hybridized carbons (Fsp3) is 0.571. The molecule has 1 unspecified atom stereocenters. The molecule has 0 bridgehead atoms. The molecule has 1 aromatic rings. The van der Waals surface area contributed by atoms with E-state index in [1.54, 1.807) is 0 Å². The molecule has 0 spiro atoms. The first kappa shape index (κ1) is 14.5. The predicted molar refractivity (Wildman–Crippen MR) is 72.0 cm³/mol. The van der Waals surface area contributed by atoms with Crippen LogP contribution in [0.3, 0.4) is 0 Å².